The van der Waals surface area contributed by atoms with Crippen LogP contribution in [-0.4, -0.2) is 66.2 Å². The maximum absolute atomic E-state index is 11.7. The summed E-state index contributed by atoms with van der Waals surface area (Å²) in [4.78, 5) is 25.8. The van der Waals surface area contributed by atoms with Crippen LogP contribution in [0.25, 0.3) is 0 Å². The lowest BCUT2D eigenvalue weighted by Gasteiger charge is -2.33. The summed E-state index contributed by atoms with van der Waals surface area (Å²) in [6.07, 6.45) is 0.654. The fourth-order valence-electron chi connectivity index (χ4n) is 1.77. The van der Waals surface area contributed by atoms with Crippen LogP contribution in [0.3, 0.4) is 0 Å². The quantitative estimate of drug-likeness (QED) is 0.538. The molecule has 6 nitrogen and oxygen atoms in total. The molecular formula is C12H19N3O3. The highest BCUT2D eigenvalue weighted by Gasteiger charge is 2.21. The fourth-order valence-corrected chi connectivity index (χ4v) is 1.77. The highest BCUT2D eigenvalue weighted by Crippen LogP contribution is 2.01. The van der Waals surface area contributed by atoms with Crippen LogP contribution in [0.5, 0.6) is 0 Å². The summed E-state index contributed by atoms with van der Waals surface area (Å²) in [5.41, 5.74) is 0. The van der Waals surface area contributed by atoms with E-state index in [1.165, 1.54) is 0 Å². The Balaban J connectivity index is 2.22. The average molecular weight is 253 g/mol. The zero-order chi connectivity index (χ0) is 13.4. The SMILES string of the molecule is CC#CCCNC(=O)N1CCN(CC(=O)O)CC1. The molecule has 0 radical (unpaired) electrons. The van der Waals surface area contributed by atoms with Crippen molar-refractivity contribution < 1.29 is 14.7 Å². The van der Waals surface area contributed by atoms with Gasteiger partial charge in [0.05, 0.1) is 6.54 Å². The van der Waals surface area contributed by atoms with E-state index in [9.17, 15) is 9.59 Å². The molecule has 0 spiro atoms. The van der Waals surface area contributed by atoms with E-state index < -0.39 is 5.97 Å². The highest BCUT2D eigenvalue weighted by atomic mass is 16.4. The van der Waals surface area contributed by atoms with Crippen LogP contribution in [0.15, 0.2) is 0 Å². The van der Waals surface area contributed by atoms with E-state index in [-0.39, 0.29) is 12.6 Å². The van der Waals surface area contributed by atoms with Crippen LogP contribution in [0.2, 0.25) is 0 Å². The minimum absolute atomic E-state index is 0.0432. The third-order valence-corrected chi connectivity index (χ3v) is 2.72. The van der Waals surface area contributed by atoms with E-state index in [1.807, 2.05) is 4.90 Å². The average Bonchev–Trinajstić information content (AvgIpc) is 2.34. The molecule has 0 aromatic heterocycles. The van der Waals surface area contributed by atoms with Gasteiger partial charge < -0.3 is 15.3 Å². The van der Waals surface area contributed by atoms with Crippen molar-refractivity contribution in [3.63, 3.8) is 0 Å². The first-order chi connectivity index (χ1) is 8.63. The molecule has 1 heterocycles. The molecule has 2 amide bonds. The molecule has 0 saturated carbocycles. The second-order valence-corrected chi connectivity index (χ2v) is 4.07. The monoisotopic (exact) mass is 253 g/mol. The number of carbonyl (C=O) groups is 2. The summed E-state index contributed by atoms with van der Waals surface area (Å²) < 4.78 is 0. The van der Waals surface area contributed by atoms with Crippen LogP contribution in [0.4, 0.5) is 4.79 Å². The molecule has 1 saturated heterocycles. The molecule has 0 bridgehead atoms. The molecule has 0 atom stereocenters. The normalized spacial score (nSPS) is 15.7. The number of hydrogen-bond donors (Lipinski definition) is 2. The number of urea groups is 1. The van der Waals surface area contributed by atoms with Crippen molar-refractivity contribution in [2.24, 2.45) is 0 Å². The van der Waals surface area contributed by atoms with Gasteiger partial charge in [-0.1, -0.05) is 0 Å². The Morgan fingerprint density at radius 2 is 1.94 bits per heavy atom. The molecule has 0 aromatic carbocycles. The van der Waals surface area contributed by atoms with Gasteiger partial charge in [0.1, 0.15) is 0 Å². The van der Waals surface area contributed by atoms with Crippen molar-refractivity contribution in [3.05, 3.63) is 0 Å². The molecule has 2 N–H and O–H groups in total. The first kappa shape index (κ1) is 14.3. The van der Waals surface area contributed by atoms with Gasteiger partial charge in [0.15, 0.2) is 0 Å². The van der Waals surface area contributed by atoms with Crippen LogP contribution < -0.4 is 5.32 Å². The molecule has 6 heteroatoms. The van der Waals surface area contributed by atoms with Crippen LogP contribution in [-0.2, 0) is 4.79 Å². The number of carboxylic acids is 1. The number of carboxylic acid groups (broad SMARTS) is 1. The predicted molar refractivity (Wildman–Crippen MR) is 67.1 cm³/mol. The summed E-state index contributed by atoms with van der Waals surface area (Å²) in [5, 5.41) is 11.5. The minimum Gasteiger partial charge on any atom is -0.480 e. The molecule has 1 fully saturated rings. The number of piperazine rings is 1. The summed E-state index contributed by atoms with van der Waals surface area (Å²) >= 11 is 0. The summed E-state index contributed by atoms with van der Waals surface area (Å²) in [6.45, 7) is 4.71. The molecule has 0 unspecified atom stereocenters. The Bertz CT molecular complexity index is 351. The van der Waals surface area contributed by atoms with E-state index in [1.54, 1.807) is 11.8 Å². The number of amides is 2. The Hall–Kier alpha value is -1.74. The molecular weight excluding hydrogens is 234 g/mol. The van der Waals surface area contributed by atoms with Crippen LogP contribution in [0, 0.1) is 11.8 Å². The maximum Gasteiger partial charge on any atom is 0.317 e. The van der Waals surface area contributed by atoms with E-state index in [0.29, 0.717) is 39.1 Å². The third-order valence-electron chi connectivity index (χ3n) is 2.72. The number of nitrogens with one attached hydrogen (secondary N) is 1. The minimum atomic E-state index is -0.828. The third kappa shape index (κ3) is 5.06. The zero-order valence-electron chi connectivity index (χ0n) is 10.6. The molecule has 18 heavy (non-hydrogen) atoms. The van der Waals surface area contributed by atoms with Crippen molar-refractivity contribution in [1.29, 1.82) is 0 Å². The standard InChI is InChI=1S/C12H19N3O3/c1-2-3-4-5-13-12(18)15-8-6-14(7-9-15)10-11(16)17/h4-10H2,1H3,(H,13,18)(H,16,17). The lowest BCUT2D eigenvalue weighted by molar-refractivity contribution is -0.138. The van der Waals surface area contributed by atoms with Crippen molar-refractivity contribution in [3.8, 4) is 11.8 Å². The van der Waals surface area contributed by atoms with Crippen LogP contribution >= 0.6 is 0 Å². The number of hydrogen-bond acceptors (Lipinski definition) is 3. The molecule has 1 rings (SSSR count). The van der Waals surface area contributed by atoms with Gasteiger partial charge in [-0.05, 0) is 6.92 Å². The van der Waals surface area contributed by atoms with E-state index in [0.717, 1.165) is 0 Å². The van der Waals surface area contributed by atoms with Gasteiger partial charge in [0, 0.05) is 39.1 Å². The second-order valence-electron chi connectivity index (χ2n) is 4.07. The Morgan fingerprint density at radius 1 is 1.28 bits per heavy atom. The number of nitrogens with zero attached hydrogens (tertiary/aromatic N) is 2. The van der Waals surface area contributed by atoms with Gasteiger partial charge in [-0.25, -0.2) is 4.79 Å². The lowest BCUT2D eigenvalue weighted by atomic mass is 10.3. The number of rotatable bonds is 4. The molecule has 100 valence electrons. The van der Waals surface area contributed by atoms with Gasteiger partial charge in [-0.15, -0.1) is 11.8 Å². The van der Waals surface area contributed by atoms with E-state index >= 15 is 0 Å². The molecule has 0 aliphatic carbocycles. The van der Waals surface area contributed by atoms with Crippen molar-refractivity contribution >= 4 is 12.0 Å². The Kier molecular flexibility index (Phi) is 6.01. The van der Waals surface area contributed by atoms with Crippen LogP contribution in [0.1, 0.15) is 13.3 Å². The molecule has 1 aliphatic rings. The van der Waals surface area contributed by atoms with Crippen molar-refractivity contribution in [2.75, 3.05) is 39.3 Å². The molecule has 1 aliphatic heterocycles. The first-order valence-corrected chi connectivity index (χ1v) is 6.00. The van der Waals surface area contributed by atoms with Gasteiger partial charge in [-0.2, -0.15) is 0 Å². The molecule has 0 aromatic rings. The summed E-state index contributed by atoms with van der Waals surface area (Å²) in [5.74, 6) is 4.82. The topological polar surface area (TPSA) is 72.9 Å². The second kappa shape index (κ2) is 7.56. The first-order valence-electron chi connectivity index (χ1n) is 6.00. The predicted octanol–water partition coefficient (Wildman–Crippen LogP) is -0.188. The smallest absolute Gasteiger partial charge is 0.317 e. The number of carbonyl (C=O) groups excluding carboxylic acids is 1. The fraction of sp³-hybridized carbons (Fsp3) is 0.667. The maximum atomic E-state index is 11.7. The number of aliphatic carboxylic acids is 1. The summed E-state index contributed by atoms with van der Waals surface area (Å²) in [7, 11) is 0. The van der Waals surface area contributed by atoms with Crippen molar-refractivity contribution in [2.45, 2.75) is 13.3 Å². The van der Waals surface area contributed by atoms with Gasteiger partial charge in [0.25, 0.3) is 0 Å². The Morgan fingerprint density at radius 3 is 2.50 bits per heavy atom. The van der Waals surface area contributed by atoms with Gasteiger partial charge in [0.2, 0.25) is 0 Å². The van der Waals surface area contributed by atoms with Gasteiger partial charge >= 0.3 is 12.0 Å². The van der Waals surface area contributed by atoms with E-state index in [4.69, 9.17) is 5.11 Å². The summed E-state index contributed by atoms with van der Waals surface area (Å²) in [6, 6.07) is -0.0946. The van der Waals surface area contributed by atoms with E-state index in [2.05, 4.69) is 17.2 Å². The van der Waals surface area contributed by atoms with Crippen molar-refractivity contribution in [1.82, 2.24) is 15.1 Å². The van der Waals surface area contributed by atoms with Gasteiger partial charge in [-0.3, -0.25) is 9.69 Å². The largest absolute Gasteiger partial charge is 0.480 e. The lowest BCUT2D eigenvalue weighted by Crippen LogP contribution is -2.52. The Labute approximate surface area is 107 Å². The highest BCUT2D eigenvalue weighted by molar-refractivity contribution is 5.74. The zero-order valence-corrected chi connectivity index (χ0v) is 10.6.